The maximum atomic E-state index is 4.00. The topological polar surface area (TPSA) is 24.1 Å². The van der Waals surface area contributed by atoms with Crippen LogP contribution in [0.4, 0.5) is 11.4 Å². The van der Waals surface area contributed by atoms with Gasteiger partial charge in [0.15, 0.2) is 0 Å². The lowest BCUT2D eigenvalue weighted by Crippen LogP contribution is -2.47. The van der Waals surface area contributed by atoms with E-state index in [4.69, 9.17) is 0 Å². The number of hydrogen-bond acceptors (Lipinski definition) is 2. The fourth-order valence-corrected chi connectivity index (χ4v) is 8.90. The zero-order valence-corrected chi connectivity index (χ0v) is 33.0. The van der Waals surface area contributed by atoms with Crippen molar-refractivity contribution < 1.29 is 0 Å². The van der Waals surface area contributed by atoms with Gasteiger partial charge in [0.25, 0.3) is 0 Å². The molecule has 8 rings (SSSR count). The Hall–Kier alpha value is -5.38. The number of rotatable bonds is 13. The predicted octanol–water partition coefficient (Wildman–Crippen LogP) is 13.6. The zero-order chi connectivity index (χ0) is 37.8. The van der Waals surface area contributed by atoms with Gasteiger partial charge in [-0.2, -0.15) is 0 Å². The number of anilines is 2. The number of unbranched alkanes of at least 4 members (excludes halogenated alkanes) is 2. The van der Waals surface area contributed by atoms with Gasteiger partial charge < -0.3 is 10.6 Å². The quantitative estimate of drug-likeness (QED) is 0.0705. The highest BCUT2D eigenvalue weighted by molar-refractivity contribution is 6.18. The molecule has 7 aromatic rings. The van der Waals surface area contributed by atoms with Crippen LogP contribution in [-0.4, -0.2) is 19.8 Å². The molecule has 2 N–H and O–H groups in total. The van der Waals surface area contributed by atoms with Crippen LogP contribution in [0.15, 0.2) is 152 Å². The highest BCUT2D eigenvalue weighted by Crippen LogP contribution is 2.47. The van der Waals surface area contributed by atoms with E-state index in [1.54, 1.807) is 0 Å². The Labute approximate surface area is 328 Å². The van der Waals surface area contributed by atoms with E-state index >= 15 is 0 Å². The predicted molar refractivity (Wildman–Crippen MR) is 243 cm³/mol. The van der Waals surface area contributed by atoms with Crippen LogP contribution in [0.5, 0.6) is 0 Å². The molecule has 3 heteroatoms. The van der Waals surface area contributed by atoms with E-state index in [0.717, 1.165) is 37.1 Å². The van der Waals surface area contributed by atoms with Crippen LogP contribution in [0, 0.1) is 0 Å². The Bertz CT molecular complexity index is 2510. The summed E-state index contributed by atoms with van der Waals surface area (Å²) in [6.45, 7) is 7.23. The van der Waals surface area contributed by atoms with Gasteiger partial charge in [-0.1, -0.05) is 148 Å². The highest BCUT2D eigenvalue weighted by atomic mass is 15.0. The minimum Gasteiger partial charge on any atom is -0.355 e. The fourth-order valence-electron chi connectivity index (χ4n) is 8.90. The maximum absolute atomic E-state index is 4.00. The molecule has 0 aliphatic heterocycles. The molecule has 0 aromatic heterocycles. The maximum Gasteiger partial charge on any atom is 0.119 e. The van der Waals surface area contributed by atoms with Crippen molar-refractivity contribution in [2.45, 2.75) is 70.8 Å². The molecule has 0 spiro atoms. The molecule has 0 fully saturated rings. The summed E-state index contributed by atoms with van der Waals surface area (Å²) in [4.78, 5) is 0. The van der Waals surface area contributed by atoms with Gasteiger partial charge in [0, 0.05) is 22.5 Å². The lowest BCUT2D eigenvalue weighted by atomic mass is 9.74. The van der Waals surface area contributed by atoms with Crippen molar-refractivity contribution in [1.29, 1.82) is 0 Å². The van der Waals surface area contributed by atoms with E-state index < -0.39 is 0 Å². The molecule has 2 atom stereocenters. The molecule has 1 aliphatic carbocycles. The van der Waals surface area contributed by atoms with Gasteiger partial charge in [-0.3, -0.25) is 0 Å². The Morgan fingerprint density at radius 1 is 0.691 bits per heavy atom. The first-order chi connectivity index (χ1) is 27.0. The second-order valence-electron chi connectivity index (χ2n) is 15.7. The molecule has 0 saturated carbocycles. The third-order valence-electron chi connectivity index (χ3n) is 12.1. The van der Waals surface area contributed by atoms with Crippen LogP contribution in [0.2, 0.25) is 0 Å². The van der Waals surface area contributed by atoms with E-state index in [1.807, 2.05) is 0 Å². The van der Waals surface area contributed by atoms with Gasteiger partial charge in [-0.15, -0.1) is 0 Å². The molecule has 7 aromatic carbocycles. The van der Waals surface area contributed by atoms with Crippen LogP contribution in [0.1, 0.15) is 76.3 Å². The molecule has 2 unspecified atom stereocenters. The van der Waals surface area contributed by atoms with Gasteiger partial charge in [-0.25, -0.2) is 0 Å². The SMILES string of the molecule is BCNC(C)(CCCCC)C(C)c1cc(-c2ccccc2)cc2c(-c3cc4ccccc4cc3Nc3ccc(C4=CC=CCC4)cc3)cc3ccccc3c12. The number of hydrogen-bond donors (Lipinski definition) is 2. The summed E-state index contributed by atoms with van der Waals surface area (Å²) in [5.41, 5.74) is 11.2. The smallest absolute Gasteiger partial charge is 0.119 e. The molecule has 0 amide bonds. The lowest BCUT2D eigenvalue weighted by Gasteiger charge is -2.38. The monoisotopic (exact) mass is 716 g/mol. The summed E-state index contributed by atoms with van der Waals surface area (Å²) in [6, 6.07) is 49.9. The van der Waals surface area contributed by atoms with E-state index in [2.05, 4.69) is 191 Å². The van der Waals surface area contributed by atoms with Crippen LogP contribution in [0.25, 0.3) is 60.1 Å². The Morgan fingerprint density at radius 3 is 2.13 bits per heavy atom. The molecular formula is C52H53BN2. The van der Waals surface area contributed by atoms with Crippen LogP contribution in [0.3, 0.4) is 0 Å². The van der Waals surface area contributed by atoms with Crippen LogP contribution in [-0.2, 0) is 0 Å². The van der Waals surface area contributed by atoms with E-state index in [-0.39, 0.29) is 11.5 Å². The minimum absolute atomic E-state index is 0.0605. The summed E-state index contributed by atoms with van der Waals surface area (Å²) in [6.07, 6.45) is 14.6. The van der Waals surface area contributed by atoms with Crippen molar-refractivity contribution in [3.8, 4) is 22.3 Å². The molecule has 0 heterocycles. The van der Waals surface area contributed by atoms with E-state index in [0.29, 0.717) is 0 Å². The molecule has 55 heavy (non-hydrogen) atoms. The van der Waals surface area contributed by atoms with E-state index in [9.17, 15) is 0 Å². The normalized spacial score (nSPS) is 14.6. The summed E-state index contributed by atoms with van der Waals surface area (Å²) < 4.78 is 0. The largest absolute Gasteiger partial charge is 0.355 e. The van der Waals surface area contributed by atoms with Crippen molar-refractivity contribution in [2.24, 2.45) is 0 Å². The summed E-state index contributed by atoms with van der Waals surface area (Å²) in [5, 5.41) is 15.6. The molecular weight excluding hydrogens is 663 g/mol. The summed E-state index contributed by atoms with van der Waals surface area (Å²) >= 11 is 0. The number of fused-ring (bicyclic) bond motifs is 4. The van der Waals surface area contributed by atoms with Gasteiger partial charge in [0.05, 0.1) is 0 Å². The minimum atomic E-state index is -0.0605. The van der Waals surface area contributed by atoms with Crippen molar-refractivity contribution in [3.05, 3.63) is 163 Å². The number of nitrogens with one attached hydrogen (secondary N) is 2. The van der Waals surface area contributed by atoms with E-state index in [1.165, 1.54) is 90.5 Å². The molecule has 1 aliphatic rings. The zero-order valence-electron chi connectivity index (χ0n) is 33.0. The van der Waals surface area contributed by atoms with Crippen molar-refractivity contribution in [2.75, 3.05) is 11.8 Å². The Kier molecular flexibility index (Phi) is 10.7. The Balaban J connectivity index is 1.38. The lowest BCUT2D eigenvalue weighted by molar-refractivity contribution is 0.289. The Morgan fingerprint density at radius 2 is 1.40 bits per heavy atom. The third-order valence-corrected chi connectivity index (χ3v) is 12.1. The standard InChI is InChI=1S/C52H53BN2/c1-4-5-16-29-52(3,54-35-53)36(2)46-32-43(38-19-10-7-11-20-38)33-49-47(31-42-23-14-15-24-45(42)51(46)49)48-30-40-21-12-13-22-41(40)34-50(48)55-44-27-25-39(26-28-44)37-17-8-6-9-18-37/h6-8,10-15,17,19-28,30-34,36,54-55H,4-5,9,16,18,29,35,53H2,1-3H3. The molecule has 274 valence electrons. The average Bonchev–Trinajstić information content (AvgIpc) is 3.23. The van der Waals surface area contributed by atoms with Crippen molar-refractivity contribution in [1.82, 2.24) is 5.32 Å². The molecule has 0 bridgehead atoms. The fraction of sp³-hybridized carbons (Fsp3) is 0.231. The average molecular weight is 717 g/mol. The molecule has 2 nitrogen and oxygen atoms in total. The first kappa shape index (κ1) is 36.6. The first-order valence-electron chi connectivity index (χ1n) is 20.5. The highest BCUT2D eigenvalue weighted by Gasteiger charge is 2.33. The molecule has 0 radical (unpaired) electrons. The van der Waals surface area contributed by atoms with Crippen molar-refractivity contribution >= 4 is 57.1 Å². The second-order valence-corrected chi connectivity index (χ2v) is 15.7. The third kappa shape index (κ3) is 7.51. The summed E-state index contributed by atoms with van der Waals surface area (Å²) in [5.74, 6) is 0.261. The number of allylic oxidation sites excluding steroid dienone is 4. The molecule has 0 saturated heterocycles. The van der Waals surface area contributed by atoms with Gasteiger partial charge in [-0.05, 0) is 141 Å². The van der Waals surface area contributed by atoms with Gasteiger partial charge in [0.1, 0.15) is 7.85 Å². The van der Waals surface area contributed by atoms with Crippen LogP contribution >= 0.6 is 0 Å². The first-order valence-corrected chi connectivity index (χ1v) is 20.5. The van der Waals surface area contributed by atoms with Crippen molar-refractivity contribution in [3.63, 3.8) is 0 Å². The number of benzene rings is 7. The second kappa shape index (κ2) is 16.2. The summed E-state index contributed by atoms with van der Waals surface area (Å²) in [7, 11) is 2.25. The van der Waals surface area contributed by atoms with Gasteiger partial charge >= 0.3 is 0 Å². The van der Waals surface area contributed by atoms with Crippen LogP contribution < -0.4 is 10.6 Å². The van der Waals surface area contributed by atoms with Gasteiger partial charge in [0.2, 0.25) is 0 Å².